The Kier molecular flexibility index (Phi) is 6.01. The van der Waals surface area contributed by atoms with E-state index in [0.717, 1.165) is 0 Å². The first-order chi connectivity index (χ1) is 7.60. The molecule has 0 aliphatic heterocycles. The van der Waals surface area contributed by atoms with Crippen LogP contribution in [0.1, 0.15) is 56.0 Å². The summed E-state index contributed by atoms with van der Waals surface area (Å²) in [7, 11) is 0. The Morgan fingerprint density at radius 3 is 2.25 bits per heavy atom. The van der Waals surface area contributed by atoms with E-state index in [1.165, 1.54) is 39.9 Å². The van der Waals surface area contributed by atoms with Crippen LogP contribution in [-0.4, -0.2) is 0 Å². The SMILES string of the molecule is CCCC(CCC)C(N)c1cc(Br)sc1C. The molecule has 1 heterocycles. The zero-order chi connectivity index (χ0) is 12.1. The quantitative estimate of drug-likeness (QED) is 0.783. The van der Waals surface area contributed by atoms with Gasteiger partial charge in [-0.1, -0.05) is 26.7 Å². The molecule has 0 bridgehead atoms. The van der Waals surface area contributed by atoms with Gasteiger partial charge in [-0.05, 0) is 53.2 Å². The molecule has 0 radical (unpaired) electrons. The van der Waals surface area contributed by atoms with Crippen molar-refractivity contribution >= 4 is 27.3 Å². The molecule has 1 atom stereocenters. The van der Waals surface area contributed by atoms with E-state index in [1.54, 1.807) is 11.3 Å². The van der Waals surface area contributed by atoms with Gasteiger partial charge in [-0.25, -0.2) is 0 Å². The van der Waals surface area contributed by atoms with Crippen molar-refractivity contribution in [3.8, 4) is 0 Å². The van der Waals surface area contributed by atoms with E-state index in [-0.39, 0.29) is 6.04 Å². The molecule has 0 amide bonds. The molecule has 92 valence electrons. The number of aryl methyl sites for hydroxylation is 1. The fourth-order valence-electron chi connectivity index (χ4n) is 2.29. The van der Waals surface area contributed by atoms with Crippen LogP contribution in [0.15, 0.2) is 9.85 Å². The fourth-order valence-corrected chi connectivity index (χ4v) is 4.05. The van der Waals surface area contributed by atoms with Gasteiger partial charge in [-0.15, -0.1) is 11.3 Å². The van der Waals surface area contributed by atoms with Crippen molar-refractivity contribution in [2.45, 2.75) is 52.5 Å². The van der Waals surface area contributed by atoms with Crippen LogP contribution in [-0.2, 0) is 0 Å². The minimum atomic E-state index is 0.211. The first-order valence-corrected chi connectivity index (χ1v) is 7.72. The summed E-state index contributed by atoms with van der Waals surface area (Å²) in [5.41, 5.74) is 7.75. The summed E-state index contributed by atoms with van der Waals surface area (Å²) >= 11 is 5.33. The third-order valence-corrected chi connectivity index (χ3v) is 4.68. The van der Waals surface area contributed by atoms with Crippen molar-refractivity contribution in [1.82, 2.24) is 0 Å². The summed E-state index contributed by atoms with van der Waals surface area (Å²) in [6.07, 6.45) is 4.93. The second kappa shape index (κ2) is 6.77. The van der Waals surface area contributed by atoms with Gasteiger partial charge in [0, 0.05) is 10.9 Å². The van der Waals surface area contributed by atoms with Gasteiger partial charge in [0.2, 0.25) is 0 Å². The molecule has 1 unspecified atom stereocenters. The van der Waals surface area contributed by atoms with E-state index < -0.39 is 0 Å². The second-order valence-electron chi connectivity index (χ2n) is 4.43. The molecular weight excluding hydrogens is 282 g/mol. The molecule has 0 aliphatic rings. The molecule has 1 nitrogen and oxygen atoms in total. The number of halogens is 1. The fraction of sp³-hybridized carbons (Fsp3) is 0.692. The molecule has 0 aromatic carbocycles. The highest BCUT2D eigenvalue weighted by Gasteiger charge is 2.20. The van der Waals surface area contributed by atoms with Crippen LogP contribution < -0.4 is 5.73 Å². The predicted molar refractivity (Wildman–Crippen MR) is 77.0 cm³/mol. The van der Waals surface area contributed by atoms with Gasteiger partial charge in [0.25, 0.3) is 0 Å². The number of hydrogen-bond acceptors (Lipinski definition) is 2. The normalized spacial score (nSPS) is 13.4. The summed E-state index contributed by atoms with van der Waals surface area (Å²) in [5.74, 6) is 0.634. The van der Waals surface area contributed by atoms with Gasteiger partial charge < -0.3 is 5.73 Å². The number of nitrogens with two attached hydrogens (primary N) is 1. The lowest BCUT2D eigenvalue weighted by molar-refractivity contribution is 0.368. The summed E-state index contributed by atoms with van der Waals surface area (Å²) in [5, 5.41) is 0. The monoisotopic (exact) mass is 303 g/mol. The molecule has 0 fully saturated rings. The molecule has 1 aromatic heterocycles. The number of hydrogen-bond donors (Lipinski definition) is 1. The molecule has 2 N–H and O–H groups in total. The van der Waals surface area contributed by atoms with E-state index in [1.807, 2.05) is 0 Å². The van der Waals surface area contributed by atoms with Crippen LogP contribution >= 0.6 is 27.3 Å². The molecular formula is C13H22BrNS. The molecule has 1 aromatic rings. The molecule has 0 saturated carbocycles. The average Bonchev–Trinajstić information content (AvgIpc) is 2.56. The Hall–Kier alpha value is 0.140. The van der Waals surface area contributed by atoms with Crippen molar-refractivity contribution in [1.29, 1.82) is 0 Å². The Morgan fingerprint density at radius 1 is 1.31 bits per heavy atom. The van der Waals surface area contributed by atoms with Gasteiger partial charge in [0.15, 0.2) is 0 Å². The summed E-state index contributed by atoms with van der Waals surface area (Å²) in [6, 6.07) is 2.41. The zero-order valence-electron chi connectivity index (χ0n) is 10.4. The Balaban J connectivity index is 2.80. The maximum Gasteiger partial charge on any atom is 0.0704 e. The smallest absolute Gasteiger partial charge is 0.0704 e. The lowest BCUT2D eigenvalue weighted by Crippen LogP contribution is -2.21. The van der Waals surface area contributed by atoms with Crippen LogP contribution in [0.5, 0.6) is 0 Å². The van der Waals surface area contributed by atoms with Crippen LogP contribution in [0, 0.1) is 12.8 Å². The molecule has 1 rings (SSSR count). The molecule has 0 saturated heterocycles. The van der Waals surface area contributed by atoms with Gasteiger partial charge in [0.05, 0.1) is 3.79 Å². The van der Waals surface area contributed by atoms with Gasteiger partial charge in [0.1, 0.15) is 0 Å². The minimum absolute atomic E-state index is 0.211. The van der Waals surface area contributed by atoms with Crippen molar-refractivity contribution in [2.75, 3.05) is 0 Å². The van der Waals surface area contributed by atoms with Gasteiger partial charge >= 0.3 is 0 Å². The molecule has 16 heavy (non-hydrogen) atoms. The topological polar surface area (TPSA) is 26.0 Å². The van der Waals surface area contributed by atoms with E-state index in [9.17, 15) is 0 Å². The summed E-state index contributed by atoms with van der Waals surface area (Å²) < 4.78 is 1.20. The van der Waals surface area contributed by atoms with E-state index in [4.69, 9.17) is 5.73 Å². The van der Waals surface area contributed by atoms with E-state index in [0.29, 0.717) is 5.92 Å². The highest BCUT2D eigenvalue weighted by atomic mass is 79.9. The third-order valence-electron chi connectivity index (χ3n) is 3.11. The van der Waals surface area contributed by atoms with E-state index in [2.05, 4.69) is 42.8 Å². The van der Waals surface area contributed by atoms with Gasteiger partial charge in [-0.3, -0.25) is 0 Å². The predicted octanol–water partition coefficient (Wildman–Crippen LogP) is 5.04. The zero-order valence-corrected chi connectivity index (χ0v) is 12.8. The van der Waals surface area contributed by atoms with Crippen molar-refractivity contribution in [3.05, 3.63) is 20.3 Å². The Bertz CT molecular complexity index is 316. The first-order valence-electron chi connectivity index (χ1n) is 6.11. The van der Waals surface area contributed by atoms with Crippen LogP contribution in [0.3, 0.4) is 0 Å². The summed E-state index contributed by atoms with van der Waals surface area (Å²) in [6.45, 7) is 6.65. The number of thiophene rings is 1. The maximum atomic E-state index is 6.41. The van der Waals surface area contributed by atoms with Crippen molar-refractivity contribution in [2.24, 2.45) is 11.7 Å². The molecule has 0 aliphatic carbocycles. The van der Waals surface area contributed by atoms with Crippen molar-refractivity contribution < 1.29 is 0 Å². The van der Waals surface area contributed by atoms with Gasteiger partial charge in [-0.2, -0.15) is 0 Å². The lowest BCUT2D eigenvalue weighted by atomic mass is 9.87. The first kappa shape index (κ1) is 14.2. The lowest BCUT2D eigenvalue weighted by Gasteiger charge is -2.23. The largest absolute Gasteiger partial charge is 0.324 e. The maximum absolute atomic E-state index is 6.41. The molecule has 3 heteroatoms. The summed E-state index contributed by atoms with van der Waals surface area (Å²) in [4.78, 5) is 1.36. The van der Waals surface area contributed by atoms with Crippen molar-refractivity contribution in [3.63, 3.8) is 0 Å². The van der Waals surface area contributed by atoms with Crippen LogP contribution in [0.2, 0.25) is 0 Å². The minimum Gasteiger partial charge on any atom is -0.324 e. The highest BCUT2D eigenvalue weighted by Crippen LogP contribution is 2.35. The molecule has 0 spiro atoms. The highest BCUT2D eigenvalue weighted by molar-refractivity contribution is 9.11. The number of rotatable bonds is 6. The van der Waals surface area contributed by atoms with Crippen LogP contribution in [0.25, 0.3) is 0 Å². The third kappa shape index (κ3) is 3.57. The Labute approximate surface area is 112 Å². The second-order valence-corrected chi connectivity index (χ2v) is 7.06. The standard InChI is InChI=1S/C13H22BrNS/c1-4-6-10(7-5-2)13(15)11-8-12(14)16-9(11)3/h8,10,13H,4-7,15H2,1-3H3. The van der Waals surface area contributed by atoms with E-state index >= 15 is 0 Å². The average molecular weight is 304 g/mol. The van der Waals surface area contributed by atoms with Crippen LogP contribution in [0.4, 0.5) is 0 Å². The Morgan fingerprint density at radius 2 is 1.88 bits per heavy atom.